The minimum atomic E-state index is -4.05. The third-order valence-electron chi connectivity index (χ3n) is 7.85. The number of aliphatic hydroxyl groups excluding tert-OH is 1. The van der Waals surface area contributed by atoms with Gasteiger partial charge in [0.1, 0.15) is 17.4 Å². The van der Waals surface area contributed by atoms with Gasteiger partial charge in [-0.15, -0.1) is 0 Å². The summed E-state index contributed by atoms with van der Waals surface area (Å²) in [6.45, 7) is 5.25. The number of amides is 2. The first-order chi connectivity index (χ1) is 18.5. The van der Waals surface area contributed by atoms with Crippen LogP contribution in [0.25, 0.3) is 0 Å². The van der Waals surface area contributed by atoms with Gasteiger partial charge >= 0.3 is 16.3 Å². The first-order valence-electron chi connectivity index (χ1n) is 13.9. The highest BCUT2D eigenvalue weighted by atomic mass is 32.2. The van der Waals surface area contributed by atoms with Crippen LogP contribution in [0.15, 0.2) is 12.2 Å². The summed E-state index contributed by atoms with van der Waals surface area (Å²) in [4.78, 5) is 54.0. The fraction of sp³-hybridized carbons (Fsp3) is 0.778. The number of rotatable bonds is 5. The Morgan fingerprint density at radius 2 is 1.93 bits per heavy atom. The number of carbonyl (C=O) groups excluding carboxylic acids is 4. The molecule has 0 aromatic rings. The number of aldehydes is 1. The number of alkyl carbamates (subject to hydrolysis) is 1. The van der Waals surface area contributed by atoms with E-state index < -0.39 is 50.9 Å². The Kier molecular flexibility index (Phi) is 9.86. The van der Waals surface area contributed by atoms with Gasteiger partial charge in [0, 0.05) is 33.6 Å². The summed E-state index contributed by atoms with van der Waals surface area (Å²) in [6, 6.07) is -0.805. The summed E-state index contributed by atoms with van der Waals surface area (Å²) in [5.74, 6) is -1.34. The maximum Gasteiger partial charge on any atom is 0.408 e. The molecule has 226 valence electrons. The minimum Gasteiger partial charge on any atom is -0.444 e. The number of hydrogen-bond acceptors (Lipinski definition) is 9. The minimum absolute atomic E-state index is 0.0148. The number of hydrogen-bond donors (Lipinski definition) is 3. The van der Waals surface area contributed by atoms with E-state index in [1.54, 1.807) is 25.7 Å². The molecule has 0 spiro atoms. The van der Waals surface area contributed by atoms with Crippen molar-refractivity contribution in [2.75, 3.05) is 27.2 Å². The lowest BCUT2D eigenvalue weighted by Gasteiger charge is -2.36. The van der Waals surface area contributed by atoms with Crippen LogP contribution in [0.1, 0.15) is 72.1 Å². The Morgan fingerprint density at radius 1 is 1.23 bits per heavy atom. The summed E-state index contributed by atoms with van der Waals surface area (Å²) in [5, 5.41) is 13.3. The van der Waals surface area contributed by atoms with E-state index in [0.29, 0.717) is 32.0 Å². The molecule has 2 fully saturated rings. The first-order valence-corrected chi connectivity index (χ1v) is 15.3. The van der Waals surface area contributed by atoms with Crippen molar-refractivity contribution < 1.29 is 37.4 Å². The number of Topliss-reactive ketones (excluding diaryl/α,β-unsaturated/α-hetero) is 1. The molecule has 1 aliphatic carbocycles. The summed E-state index contributed by atoms with van der Waals surface area (Å²) in [6.07, 6.45) is 6.41. The number of nitrogens with one attached hydrogen (secondary N) is 2. The monoisotopic (exact) mass is 584 g/mol. The number of nitrogens with zero attached hydrogens (tertiary/aromatic N) is 2. The van der Waals surface area contributed by atoms with Gasteiger partial charge in [0.25, 0.3) is 0 Å². The highest BCUT2D eigenvalue weighted by molar-refractivity contribution is 7.87. The van der Waals surface area contributed by atoms with E-state index in [4.69, 9.17) is 4.74 Å². The Bertz CT molecular complexity index is 1120. The lowest BCUT2D eigenvalue weighted by atomic mass is 9.90. The van der Waals surface area contributed by atoms with Crippen LogP contribution in [0.2, 0.25) is 0 Å². The maximum absolute atomic E-state index is 13.7. The molecule has 0 radical (unpaired) electrons. The summed E-state index contributed by atoms with van der Waals surface area (Å²) < 4.78 is 33.2. The van der Waals surface area contributed by atoms with Crippen LogP contribution in [0, 0.1) is 11.3 Å². The maximum atomic E-state index is 13.7. The van der Waals surface area contributed by atoms with E-state index in [0.717, 1.165) is 17.1 Å². The summed E-state index contributed by atoms with van der Waals surface area (Å²) in [7, 11) is -1.44. The molecule has 13 heteroatoms. The van der Waals surface area contributed by atoms with Gasteiger partial charge in [0.15, 0.2) is 5.78 Å². The van der Waals surface area contributed by atoms with E-state index in [2.05, 4.69) is 10.0 Å². The Balaban J connectivity index is 1.91. The normalized spacial score (nSPS) is 33.1. The van der Waals surface area contributed by atoms with Gasteiger partial charge in [-0.05, 0) is 58.8 Å². The zero-order valence-electron chi connectivity index (χ0n) is 24.1. The molecule has 0 aromatic carbocycles. The molecule has 5 atom stereocenters. The average Bonchev–Trinajstić information content (AvgIpc) is 3.39. The van der Waals surface area contributed by atoms with Gasteiger partial charge in [-0.3, -0.25) is 14.5 Å². The standard InChI is InChI=1S/C27H44N4O8S/c1-25(2,3)39-24(36)28-26(18-32)12-10-8-6-7-9-11-19-14-27(19,23(35)29-40(37,38)30(4)5)15-22(34)21-13-20(33)16-31(21)17-26/h9,11,18-21,33H,6-8,10,12-17H2,1-5H3,(H,28,36)(H,29,35)/b11-9-/t19-,20-,21+,26?,27-/m1/s1. The SMILES string of the molecule is CN(C)S(=O)(=O)NC(=O)[C@]12CC(=O)[C@@H]3C[C@@H](O)CN3CC(C=O)(NC(=O)OC(C)(C)C)CCCCC/C=C\[C@@H]1C2. The molecule has 3 rings (SSSR count). The molecule has 40 heavy (non-hydrogen) atoms. The molecule has 12 nitrogen and oxygen atoms in total. The van der Waals surface area contributed by atoms with Gasteiger partial charge in [0.05, 0.1) is 17.6 Å². The van der Waals surface area contributed by atoms with Crippen molar-refractivity contribution in [2.24, 2.45) is 11.3 Å². The molecular weight excluding hydrogens is 540 g/mol. The van der Waals surface area contributed by atoms with E-state index in [9.17, 15) is 32.7 Å². The lowest BCUT2D eigenvalue weighted by Crippen LogP contribution is -2.59. The van der Waals surface area contributed by atoms with E-state index in [-0.39, 0.29) is 37.6 Å². The zero-order chi connectivity index (χ0) is 29.9. The number of allylic oxidation sites excluding steroid dienone is 2. The van der Waals surface area contributed by atoms with Gasteiger partial charge < -0.3 is 20.0 Å². The molecule has 0 aromatic heterocycles. The van der Waals surface area contributed by atoms with Crippen LogP contribution in [-0.4, -0.2) is 97.3 Å². The van der Waals surface area contributed by atoms with Crippen LogP contribution in [0.4, 0.5) is 4.79 Å². The molecule has 2 amide bonds. The van der Waals surface area contributed by atoms with Gasteiger partial charge in [-0.2, -0.15) is 12.7 Å². The van der Waals surface area contributed by atoms with E-state index in [1.165, 1.54) is 14.1 Å². The highest BCUT2D eigenvalue weighted by Crippen LogP contribution is 2.57. The van der Waals surface area contributed by atoms with Crippen LogP contribution in [0.3, 0.4) is 0 Å². The molecule has 2 heterocycles. The van der Waals surface area contributed by atoms with E-state index >= 15 is 0 Å². The Morgan fingerprint density at radius 3 is 2.55 bits per heavy atom. The molecule has 1 saturated carbocycles. The fourth-order valence-corrected chi connectivity index (χ4v) is 6.19. The van der Waals surface area contributed by atoms with Crippen molar-refractivity contribution in [2.45, 2.75) is 95.4 Å². The number of carbonyl (C=O) groups is 4. The van der Waals surface area contributed by atoms with Crippen LogP contribution in [-0.2, 0) is 29.3 Å². The first kappa shape index (κ1) is 32.2. The Hall–Kier alpha value is -2.35. The van der Waals surface area contributed by atoms with Gasteiger partial charge in [-0.25, -0.2) is 9.52 Å². The molecule has 1 saturated heterocycles. The zero-order valence-corrected chi connectivity index (χ0v) is 25.0. The molecule has 2 aliphatic heterocycles. The molecule has 1 unspecified atom stereocenters. The Labute approximate surface area is 237 Å². The van der Waals surface area contributed by atoms with E-state index in [1.807, 2.05) is 12.2 Å². The number of aliphatic hydroxyl groups is 1. The number of fused-ring (bicyclic) bond motifs is 2. The lowest BCUT2D eigenvalue weighted by molar-refractivity contribution is -0.132. The quantitative estimate of drug-likeness (QED) is 0.319. The molecule has 3 N–H and O–H groups in total. The van der Waals surface area contributed by atoms with Crippen molar-refractivity contribution in [3.05, 3.63) is 12.2 Å². The topological polar surface area (TPSA) is 162 Å². The highest BCUT2D eigenvalue weighted by Gasteiger charge is 2.61. The molecule has 0 bridgehead atoms. The van der Waals surface area contributed by atoms with Crippen molar-refractivity contribution in [3.63, 3.8) is 0 Å². The van der Waals surface area contributed by atoms with Crippen molar-refractivity contribution in [1.82, 2.24) is 19.2 Å². The van der Waals surface area contributed by atoms with Gasteiger partial charge in [-0.1, -0.05) is 25.0 Å². The van der Waals surface area contributed by atoms with Crippen LogP contribution < -0.4 is 10.0 Å². The predicted octanol–water partition coefficient (Wildman–Crippen LogP) is 1.29. The smallest absolute Gasteiger partial charge is 0.408 e. The van der Waals surface area contributed by atoms with Crippen molar-refractivity contribution >= 4 is 34.3 Å². The molecular formula is C27H44N4O8S. The van der Waals surface area contributed by atoms with Crippen molar-refractivity contribution in [1.29, 1.82) is 0 Å². The summed E-state index contributed by atoms with van der Waals surface area (Å²) >= 11 is 0. The second kappa shape index (κ2) is 12.3. The average molecular weight is 585 g/mol. The van der Waals surface area contributed by atoms with Crippen molar-refractivity contribution in [3.8, 4) is 0 Å². The predicted molar refractivity (Wildman–Crippen MR) is 147 cm³/mol. The van der Waals surface area contributed by atoms with Gasteiger partial charge in [0.2, 0.25) is 5.91 Å². The van der Waals surface area contributed by atoms with Crippen LogP contribution in [0.5, 0.6) is 0 Å². The second-order valence-electron chi connectivity index (χ2n) is 12.6. The summed E-state index contributed by atoms with van der Waals surface area (Å²) in [5.41, 5.74) is -3.34. The third kappa shape index (κ3) is 7.89. The van der Waals surface area contributed by atoms with Crippen LogP contribution >= 0.6 is 0 Å². The second-order valence-corrected chi connectivity index (χ2v) is 14.5. The number of ether oxygens (including phenoxy) is 1. The molecule has 3 aliphatic rings. The number of ketones is 1. The largest absolute Gasteiger partial charge is 0.444 e. The fourth-order valence-electron chi connectivity index (χ4n) is 5.57. The third-order valence-corrected chi connectivity index (χ3v) is 9.26.